The number of carbonyl (C=O) groups is 1. The first-order chi connectivity index (χ1) is 11.6. The number of para-hydroxylation sites is 1. The Kier molecular flexibility index (Phi) is 4.70. The van der Waals surface area contributed by atoms with Crippen molar-refractivity contribution in [1.82, 2.24) is 19.7 Å². The number of carbonyl (C=O) groups excluding carboxylic acids is 1. The molecule has 1 amide bonds. The van der Waals surface area contributed by atoms with Crippen molar-refractivity contribution >= 4 is 5.91 Å². The summed E-state index contributed by atoms with van der Waals surface area (Å²) in [5.74, 6) is -0.0338. The van der Waals surface area contributed by atoms with E-state index in [4.69, 9.17) is 0 Å². The summed E-state index contributed by atoms with van der Waals surface area (Å²) in [7, 11) is 1.82. The Bertz CT molecular complexity index is 812. The normalized spacial score (nSPS) is 10.6. The van der Waals surface area contributed by atoms with Gasteiger partial charge in [0.15, 0.2) is 0 Å². The minimum Gasteiger partial charge on any atom is -0.340 e. The fourth-order valence-electron chi connectivity index (χ4n) is 2.56. The van der Waals surface area contributed by atoms with Gasteiger partial charge in [-0.15, -0.1) is 0 Å². The van der Waals surface area contributed by atoms with Gasteiger partial charge in [-0.2, -0.15) is 5.10 Å². The molecule has 0 fully saturated rings. The maximum atomic E-state index is 12.8. The number of aromatic nitrogens is 3. The van der Waals surface area contributed by atoms with Crippen LogP contribution >= 0.6 is 0 Å². The number of pyridine rings is 1. The molecule has 0 spiro atoms. The van der Waals surface area contributed by atoms with Crippen LogP contribution in [0.4, 0.5) is 0 Å². The number of amides is 1. The van der Waals surface area contributed by atoms with E-state index in [1.807, 2.05) is 62.5 Å². The number of hydrogen-bond donors (Lipinski definition) is 0. The fourth-order valence-corrected chi connectivity index (χ4v) is 2.56. The molecule has 5 heteroatoms. The molecular weight excluding hydrogens is 300 g/mol. The second-order valence-electron chi connectivity index (χ2n) is 5.75. The predicted molar refractivity (Wildman–Crippen MR) is 93.2 cm³/mol. The smallest absolute Gasteiger partial charge is 0.272 e. The van der Waals surface area contributed by atoms with E-state index in [0.717, 1.165) is 23.4 Å². The molecule has 0 aliphatic rings. The molecule has 2 heterocycles. The average molecular weight is 320 g/mol. The molecule has 0 radical (unpaired) electrons. The van der Waals surface area contributed by atoms with Gasteiger partial charge in [-0.25, -0.2) is 4.68 Å². The van der Waals surface area contributed by atoms with Crippen LogP contribution in [-0.2, 0) is 6.42 Å². The Hall–Kier alpha value is -2.95. The quantitative estimate of drug-likeness (QED) is 0.726. The average Bonchev–Trinajstić information content (AvgIpc) is 3.02. The van der Waals surface area contributed by atoms with E-state index in [0.29, 0.717) is 12.2 Å². The minimum atomic E-state index is -0.0338. The molecule has 1 aromatic carbocycles. The Morgan fingerprint density at radius 2 is 1.83 bits per heavy atom. The van der Waals surface area contributed by atoms with Crippen molar-refractivity contribution in [1.29, 1.82) is 0 Å². The van der Waals surface area contributed by atoms with Crippen LogP contribution in [0, 0.1) is 6.92 Å². The number of likely N-dealkylation sites (N-methyl/N-ethyl adjacent to an activating group) is 1. The molecule has 3 aromatic rings. The summed E-state index contributed by atoms with van der Waals surface area (Å²) in [4.78, 5) is 18.6. The van der Waals surface area contributed by atoms with Gasteiger partial charge in [0, 0.05) is 26.0 Å². The first-order valence-electron chi connectivity index (χ1n) is 7.91. The van der Waals surface area contributed by atoms with Gasteiger partial charge >= 0.3 is 0 Å². The molecule has 5 nitrogen and oxygen atoms in total. The molecule has 24 heavy (non-hydrogen) atoms. The Morgan fingerprint density at radius 3 is 2.54 bits per heavy atom. The van der Waals surface area contributed by atoms with Crippen molar-refractivity contribution in [2.75, 3.05) is 13.6 Å². The number of nitrogens with zero attached hydrogens (tertiary/aromatic N) is 4. The topological polar surface area (TPSA) is 51.0 Å². The fraction of sp³-hybridized carbons (Fsp3) is 0.211. The summed E-state index contributed by atoms with van der Waals surface area (Å²) < 4.78 is 1.71. The highest BCUT2D eigenvalue weighted by atomic mass is 16.2. The van der Waals surface area contributed by atoms with Gasteiger partial charge in [0.25, 0.3) is 5.91 Å². The molecule has 0 N–H and O–H groups in total. The van der Waals surface area contributed by atoms with Crippen LogP contribution in [0.25, 0.3) is 5.69 Å². The summed E-state index contributed by atoms with van der Waals surface area (Å²) in [5.41, 5.74) is 3.45. The maximum Gasteiger partial charge on any atom is 0.272 e. The predicted octanol–water partition coefficient (Wildman–Crippen LogP) is 2.89. The van der Waals surface area contributed by atoms with E-state index in [-0.39, 0.29) is 5.91 Å². The number of hydrogen-bond acceptors (Lipinski definition) is 3. The second kappa shape index (κ2) is 7.08. The molecule has 0 unspecified atom stereocenters. The van der Waals surface area contributed by atoms with Crippen LogP contribution in [0.15, 0.2) is 60.9 Å². The highest BCUT2D eigenvalue weighted by Crippen LogP contribution is 2.14. The Balaban J connectivity index is 1.77. The van der Waals surface area contributed by atoms with Crippen LogP contribution in [0.3, 0.4) is 0 Å². The van der Waals surface area contributed by atoms with E-state index >= 15 is 0 Å². The van der Waals surface area contributed by atoms with Crippen LogP contribution in [0.1, 0.15) is 21.7 Å². The van der Waals surface area contributed by atoms with Gasteiger partial charge in [0.1, 0.15) is 5.69 Å². The zero-order chi connectivity index (χ0) is 16.9. The van der Waals surface area contributed by atoms with Crippen LogP contribution in [0.2, 0.25) is 0 Å². The molecule has 2 aromatic heterocycles. The molecular formula is C19H20N4O. The molecule has 0 aliphatic heterocycles. The van der Waals surface area contributed by atoms with Crippen molar-refractivity contribution in [2.24, 2.45) is 0 Å². The van der Waals surface area contributed by atoms with E-state index in [1.165, 1.54) is 0 Å². The van der Waals surface area contributed by atoms with Gasteiger partial charge in [0.2, 0.25) is 0 Å². The van der Waals surface area contributed by atoms with Crippen molar-refractivity contribution < 1.29 is 4.79 Å². The molecule has 0 saturated carbocycles. The van der Waals surface area contributed by atoms with E-state index in [2.05, 4.69) is 10.1 Å². The van der Waals surface area contributed by atoms with Crippen LogP contribution in [-0.4, -0.2) is 39.2 Å². The Morgan fingerprint density at radius 1 is 1.12 bits per heavy atom. The SMILES string of the molecule is Cc1cc(C(=O)N(C)CCc2ccncc2)n(-c2ccccc2)n1. The van der Waals surface area contributed by atoms with Gasteiger partial charge in [-0.05, 0) is 49.2 Å². The lowest BCUT2D eigenvalue weighted by Gasteiger charge is -2.18. The van der Waals surface area contributed by atoms with Crippen molar-refractivity contribution in [3.63, 3.8) is 0 Å². The lowest BCUT2D eigenvalue weighted by Crippen LogP contribution is -2.30. The number of rotatable bonds is 5. The summed E-state index contributed by atoms with van der Waals surface area (Å²) in [6.07, 6.45) is 4.33. The van der Waals surface area contributed by atoms with Gasteiger partial charge < -0.3 is 4.90 Å². The highest BCUT2D eigenvalue weighted by molar-refractivity contribution is 5.93. The third-order valence-corrected chi connectivity index (χ3v) is 3.88. The van der Waals surface area contributed by atoms with Crippen LogP contribution < -0.4 is 0 Å². The van der Waals surface area contributed by atoms with Crippen molar-refractivity contribution in [3.8, 4) is 5.69 Å². The largest absolute Gasteiger partial charge is 0.340 e. The zero-order valence-electron chi connectivity index (χ0n) is 13.9. The summed E-state index contributed by atoms with van der Waals surface area (Å²) in [6, 6.07) is 15.5. The number of benzene rings is 1. The van der Waals surface area contributed by atoms with Crippen molar-refractivity contribution in [2.45, 2.75) is 13.3 Å². The Labute approximate surface area is 141 Å². The van der Waals surface area contributed by atoms with E-state index < -0.39 is 0 Å². The molecule has 0 saturated heterocycles. The third-order valence-electron chi connectivity index (χ3n) is 3.88. The monoisotopic (exact) mass is 320 g/mol. The third kappa shape index (κ3) is 3.51. The summed E-state index contributed by atoms with van der Waals surface area (Å²) >= 11 is 0. The lowest BCUT2D eigenvalue weighted by atomic mass is 10.2. The first-order valence-corrected chi connectivity index (χ1v) is 7.91. The number of aryl methyl sites for hydroxylation is 1. The van der Waals surface area contributed by atoms with Crippen molar-refractivity contribution in [3.05, 3.63) is 77.9 Å². The molecule has 0 aliphatic carbocycles. The van der Waals surface area contributed by atoms with Crippen LogP contribution in [0.5, 0.6) is 0 Å². The van der Waals surface area contributed by atoms with Gasteiger partial charge in [-0.1, -0.05) is 18.2 Å². The molecule has 3 rings (SSSR count). The molecule has 0 bridgehead atoms. The van der Waals surface area contributed by atoms with E-state index in [1.54, 1.807) is 22.0 Å². The summed E-state index contributed by atoms with van der Waals surface area (Å²) in [5, 5.41) is 4.46. The standard InChI is InChI=1S/C19H20N4O/c1-15-14-18(23(21-15)17-6-4-3-5-7-17)19(24)22(2)13-10-16-8-11-20-12-9-16/h3-9,11-12,14H,10,13H2,1-2H3. The van der Waals surface area contributed by atoms with Gasteiger partial charge in [0.05, 0.1) is 11.4 Å². The summed E-state index contributed by atoms with van der Waals surface area (Å²) in [6.45, 7) is 2.54. The maximum absolute atomic E-state index is 12.8. The minimum absolute atomic E-state index is 0.0338. The lowest BCUT2D eigenvalue weighted by molar-refractivity contribution is 0.0787. The highest BCUT2D eigenvalue weighted by Gasteiger charge is 2.18. The van der Waals surface area contributed by atoms with Gasteiger partial charge in [-0.3, -0.25) is 9.78 Å². The molecule has 122 valence electrons. The van der Waals surface area contributed by atoms with E-state index in [9.17, 15) is 4.79 Å². The second-order valence-corrected chi connectivity index (χ2v) is 5.75. The molecule has 0 atom stereocenters. The first kappa shape index (κ1) is 15.9. The zero-order valence-corrected chi connectivity index (χ0v) is 13.9.